The highest BCUT2D eigenvalue weighted by Crippen LogP contribution is 2.28. The zero-order chi connectivity index (χ0) is 9.14. The van der Waals surface area contributed by atoms with Crippen LogP contribution in [0.25, 0.3) is 0 Å². The highest BCUT2D eigenvalue weighted by molar-refractivity contribution is 5.74. The first kappa shape index (κ1) is 9.04. The lowest BCUT2D eigenvalue weighted by atomic mass is 9.82. The van der Waals surface area contributed by atoms with Crippen molar-refractivity contribution < 1.29 is 4.79 Å². The molecule has 2 heteroatoms. The molecule has 1 amide bonds. The Kier molecular flexibility index (Phi) is 2.69. The van der Waals surface area contributed by atoms with E-state index in [0.717, 1.165) is 0 Å². The minimum Gasteiger partial charge on any atom is -0.370 e. The second-order valence-electron chi connectivity index (χ2n) is 3.43. The highest BCUT2D eigenvalue weighted by Gasteiger charge is 2.20. The van der Waals surface area contributed by atoms with Crippen LogP contribution in [0.15, 0.2) is 23.8 Å². The van der Waals surface area contributed by atoms with Gasteiger partial charge in [-0.1, -0.05) is 30.7 Å². The summed E-state index contributed by atoms with van der Waals surface area (Å²) in [5.74, 6) is 0.532. The van der Waals surface area contributed by atoms with Gasteiger partial charge in [-0.2, -0.15) is 0 Å². The van der Waals surface area contributed by atoms with Crippen LogP contribution >= 0.6 is 0 Å². The Balaban J connectivity index is 2.68. The van der Waals surface area contributed by atoms with E-state index in [-0.39, 0.29) is 5.91 Å². The molecule has 0 fully saturated rings. The van der Waals surface area contributed by atoms with Crippen molar-refractivity contribution in [2.24, 2.45) is 17.6 Å². The maximum absolute atomic E-state index is 10.7. The van der Waals surface area contributed by atoms with Gasteiger partial charge in [0.1, 0.15) is 0 Å². The normalized spacial score (nSPS) is 28.3. The number of hydrogen-bond acceptors (Lipinski definition) is 1. The summed E-state index contributed by atoms with van der Waals surface area (Å²) in [6.07, 6.45) is 6.67. The molecule has 2 N–H and O–H groups in total. The zero-order valence-electron chi connectivity index (χ0n) is 7.58. The van der Waals surface area contributed by atoms with Gasteiger partial charge in [0.25, 0.3) is 0 Å². The summed E-state index contributed by atoms with van der Waals surface area (Å²) >= 11 is 0. The first-order chi connectivity index (χ1) is 5.61. The van der Waals surface area contributed by atoms with Crippen LogP contribution in [0, 0.1) is 11.8 Å². The number of nitrogens with two attached hydrogens (primary N) is 1. The molecule has 0 radical (unpaired) electrons. The molecular formula is C10H15NO. The van der Waals surface area contributed by atoms with Crippen molar-refractivity contribution >= 4 is 5.91 Å². The van der Waals surface area contributed by atoms with Crippen LogP contribution in [0.2, 0.25) is 0 Å². The van der Waals surface area contributed by atoms with Crippen molar-refractivity contribution in [2.75, 3.05) is 0 Å². The van der Waals surface area contributed by atoms with Crippen molar-refractivity contribution in [3.05, 3.63) is 23.8 Å². The number of carbonyl (C=O) groups is 1. The topological polar surface area (TPSA) is 43.1 Å². The van der Waals surface area contributed by atoms with Gasteiger partial charge in [-0.15, -0.1) is 0 Å². The van der Waals surface area contributed by atoms with Gasteiger partial charge in [0.2, 0.25) is 5.91 Å². The molecule has 66 valence electrons. The number of hydrogen-bond donors (Lipinski definition) is 1. The molecule has 1 aliphatic rings. The Morgan fingerprint density at radius 1 is 1.67 bits per heavy atom. The zero-order valence-corrected chi connectivity index (χ0v) is 7.58. The van der Waals surface area contributed by atoms with Crippen molar-refractivity contribution in [2.45, 2.75) is 20.3 Å². The van der Waals surface area contributed by atoms with E-state index in [4.69, 9.17) is 5.73 Å². The molecule has 0 bridgehead atoms. The van der Waals surface area contributed by atoms with Gasteiger partial charge in [-0.3, -0.25) is 4.79 Å². The Labute approximate surface area is 73.1 Å². The lowest BCUT2D eigenvalue weighted by molar-refractivity contribution is -0.118. The van der Waals surface area contributed by atoms with Gasteiger partial charge in [0.15, 0.2) is 0 Å². The van der Waals surface area contributed by atoms with Crippen LogP contribution in [0.1, 0.15) is 20.3 Å². The van der Waals surface area contributed by atoms with E-state index in [9.17, 15) is 4.79 Å². The van der Waals surface area contributed by atoms with Crippen LogP contribution in [0.3, 0.4) is 0 Å². The SMILES string of the molecule is CC1=CC=CC(C)C1CC(N)=O. The fourth-order valence-corrected chi connectivity index (χ4v) is 1.62. The molecule has 1 aliphatic carbocycles. The van der Waals surface area contributed by atoms with Crippen LogP contribution in [0.5, 0.6) is 0 Å². The molecule has 0 aromatic rings. The van der Waals surface area contributed by atoms with E-state index in [1.807, 2.05) is 19.1 Å². The third-order valence-corrected chi connectivity index (χ3v) is 2.41. The molecule has 2 atom stereocenters. The highest BCUT2D eigenvalue weighted by atomic mass is 16.1. The number of amides is 1. The molecule has 12 heavy (non-hydrogen) atoms. The molecular weight excluding hydrogens is 150 g/mol. The molecule has 0 heterocycles. The largest absolute Gasteiger partial charge is 0.370 e. The van der Waals surface area contributed by atoms with E-state index < -0.39 is 0 Å². The molecule has 0 aromatic carbocycles. The van der Waals surface area contributed by atoms with E-state index in [2.05, 4.69) is 13.0 Å². The minimum atomic E-state index is -0.213. The molecule has 0 spiro atoms. The van der Waals surface area contributed by atoms with E-state index in [1.54, 1.807) is 0 Å². The predicted molar refractivity (Wildman–Crippen MR) is 49.4 cm³/mol. The summed E-state index contributed by atoms with van der Waals surface area (Å²) in [6, 6.07) is 0. The van der Waals surface area contributed by atoms with E-state index >= 15 is 0 Å². The Hall–Kier alpha value is -1.05. The van der Waals surface area contributed by atoms with Gasteiger partial charge in [-0.05, 0) is 18.8 Å². The Morgan fingerprint density at radius 3 is 2.83 bits per heavy atom. The summed E-state index contributed by atoms with van der Waals surface area (Å²) < 4.78 is 0. The third kappa shape index (κ3) is 1.97. The van der Waals surface area contributed by atoms with Crippen LogP contribution in [0.4, 0.5) is 0 Å². The average molecular weight is 165 g/mol. The average Bonchev–Trinajstić information content (AvgIpc) is 1.97. The van der Waals surface area contributed by atoms with Gasteiger partial charge in [0, 0.05) is 6.42 Å². The summed E-state index contributed by atoms with van der Waals surface area (Å²) in [5.41, 5.74) is 6.41. The summed E-state index contributed by atoms with van der Waals surface area (Å²) in [7, 11) is 0. The molecule has 2 nitrogen and oxygen atoms in total. The first-order valence-corrected chi connectivity index (χ1v) is 4.24. The van der Waals surface area contributed by atoms with E-state index in [1.165, 1.54) is 5.57 Å². The molecule has 1 rings (SSSR count). The monoisotopic (exact) mass is 165 g/mol. The standard InChI is InChI=1S/C10H15NO/c1-7-4-3-5-8(2)9(7)6-10(11)12/h3-5,7,9H,6H2,1-2H3,(H2,11,12). The second-order valence-corrected chi connectivity index (χ2v) is 3.43. The van der Waals surface area contributed by atoms with Crippen molar-refractivity contribution in [1.82, 2.24) is 0 Å². The first-order valence-electron chi connectivity index (χ1n) is 4.24. The number of allylic oxidation sites excluding steroid dienone is 4. The van der Waals surface area contributed by atoms with Crippen molar-refractivity contribution in [3.8, 4) is 0 Å². The predicted octanol–water partition coefficient (Wildman–Crippen LogP) is 1.63. The van der Waals surface area contributed by atoms with Crippen LogP contribution < -0.4 is 5.73 Å². The molecule has 0 aromatic heterocycles. The van der Waals surface area contributed by atoms with Crippen LogP contribution in [-0.4, -0.2) is 5.91 Å². The number of carbonyl (C=O) groups excluding carboxylic acids is 1. The molecule has 2 unspecified atom stereocenters. The van der Waals surface area contributed by atoms with E-state index in [0.29, 0.717) is 18.3 Å². The van der Waals surface area contributed by atoms with Crippen molar-refractivity contribution in [3.63, 3.8) is 0 Å². The fraction of sp³-hybridized carbons (Fsp3) is 0.500. The molecule has 0 saturated heterocycles. The van der Waals surface area contributed by atoms with Gasteiger partial charge in [-0.25, -0.2) is 0 Å². The molecule has 0 aliphatic heterocycles. The molecule has 0 saturated carbocycles. The summed E-state index contributed by atoms with van der Waals surface area (Å²) in [5, 5.41) is 0. The number of rotatable bonds is 2. The quantitative estimate of drug-likeness (QED) is 0.664. The number of primary amides is 1. The minimum absolute atomic E-state index is 0.213. The van der Waals surface area contributed by atoms with Crippen LogP contribution in [-0.2, 0) is 4.79 Å². The van der Waals surface area contributed by atoms with Gasteiger partial charge >= 0.3 is 0 Å². The Morgan fingerprint density at radius 2 is 2.33 bits per heavy atom. The maximum Gasteiger partial charge on any atom is 0.218 e. The van der Waals surface area contributed by atoms with Gasteiger partial charge in [0.05, 0.1) is 0 Å². The lowest BCUT2D eigenvalue weighted by Gasteiger charge is -2.23. The van der Waals surface area contributed by atoms with Gasteiger partial charge < -0.3 is 5.73 Å². The summed E-state index contributed by atoms with van der Waals surface area (Å²) in [6.45, 7) is 4.16. The third-order valence-electron chi connectivity index (χ3n) is 2.41. The Bertz CT molecular complexity index is 240. The lowest BCUT2D eigenvalue weighted by Crippen LogP contribution is -2.22. The fourth-order valence-electron chi connectivity index (χ4n) is 1.62. The smallest absolute Gasteiger partial charge is 0.218 e. The summed E-state index contributed by atoms with van der Waals surface area (Å²) in [4.78, 5) is 10.7. The van der Waals surface area contributed by atoms with Crippen molar-refractivity contribution in [1.29, 1.82) is 0 Å². The maximum atomic E-state index is 10.7. The second kappa shape index (κ2) is 3.57.